The molecule has 5 aliphatic rings. The molecule has 0 N–H and O–H groups in total. The van der Waals surface area contributed by atoms with Gasteiger partial charge in [-0.15, -0.1) is 0 Å². The van der Waals surface area contributed by atoms with Crippen LogP contribution in [-0.4, -0.2) is 56.2 Å². The number of aromatic nitrogens is 1. The normalized spacial score (nSPS) is 32.0. The van der Waals surface area contributed by atoms with Crippen LogP contribution in [0.3, 0.4) is 0 Å². The van der Waals surface area contributed by atoms with Crippen LogP contribution in [0.25, 0.3) is 10.2 Å². The quantitative estimate of drug-likeness (QED) is 0.713. The predicted molar refractivity (Wildman–Crippen MR) is 122 cm³/mol. The molecule has 0 atom stereocenters. The Labute approximate surface area is 187 Å². The fourth-order valence-electron chi connectivity index (χ4n) is 7.22. The second kappa shape index (κ2) is 7.26. The van der Waals surface area contributed by atoms with E-state index in [4.69, 9.17) is 14.5 Å². The van der Waals surface area contributed by atoms with Crippen molar-refractivity contribution in [2.45, 2.75) is 38.5 Å². The maximum atomic E-state index is 13.7. The van der Waals surface area contributed by atoms with Gasteiger partial charge in [-0.25, -0.2) is 4.98 Å². The lowest BCUT2D eigenvalue weighted by Gasteiger charge is -2.57. The van der Waals surface area contributed by atoms with E-state index in [2.05, 4.69) is 9.80 Å². The molecule has 6 nitrogen and oxygen atoms in total. The molecule has 1 aliphatic heterocycles. The molecular weight excluding hydrogens is 410 g/mol. The Balaban J connectivity index is 1.18. The number of hydrogen-bond donors (Lipinski definition) is 0. The van der Waals surface area contributed by atoms with Gasteiger partial charge in [-0.2, -0.15) is 0 Å². The number of thiazole rings is 1. The number of piperazine rings is 1. The first-order valence-electron chi connectivity index (χ1n) is 11.6. The van der Waals surface area contributed by atoms with Crippen molar-refractivity contribution < 1.29 is 14.3 Å². The third-order valence-electron chi connectivity index (χ3n) is 8.23. The number of hydrogen-bond acceptors (Lipinski definition) is 6. The average Bonchev–Trinajstić information content (AvgIpc) is 3.23. The zero-order chi connectivity index (χ0) is 21.2. The maximum Gasteiger partial charge on any atom is 0.228 e. The molecule has 0 spiro atoms. The summed E-state index contributed by atoms with van der Waals surface area (Å²) in [5.41, 5.74) is 0.821. The fraction of sp³-hybridized carbons (Fsp3) is 0.667. The highest BCUT2D eigenvalue weighted by Gasteiger charge is 2.55. The average molecular weight is 442 g/mol. The standard InChI is InChI=1S/C24H31N3O3S/c1-29-18-3-4-19(30-2)21-20(18)25-23(31-21)27-7-5-26(6-8-27)22(28)24-12-15-9-16(13-24)11-17(10-15)14-24/h3-4,15-17H,5-14H2,1-2H3. The number of nitrogens with zero attached hydrogens (tertiary/aromatic N) is 3. The van der Waals surface area contributed by atoms with Crippen molar-refractivity contribution >= 4 is 32.6 Å². The van der Waals surface area contributed by atoms with Gasteiger partial charge in [-0.05, 0) is 68.4 Å². The summed E-state index contributed by atoms with van der Waals surface area (Å²) in [6, 6.07) is 3.85. The Morgan fingerprint density at radius 2 is 1.55 bits per heavy atom. The Morgan fingerprint density at radius 3 is 2.13 bits per heavy atom. The van der Waals surface area contributed by atoms with Crippen molar-refractivity contribution in [3.05, 3.63) is 12.1 Å². The predicted octanol–water partition coefficient (Wildman–Crippen LogP) is 4.18. The summed E-state index contributed by atoms with van der Waals surface area (Å²) >= 11 is 1.65. The number of methoxy groups -OCH3 is 2. The van der Waals surface area contributed by atoms with Gasteiger partial charge < -0.3 is 19.3 Å². The van der Waals surface area contributed by atoms with E-state index in [-0.39, 0.29) is 5.41 Å². The lowest BCUT2D eigenvalue weighted by Crippen LogP contribution is -2.58. The molecule has 0 radical (unpaired) electrons. The van der Waals surface area contributed by atoms with Crippen LogP contribution in [0.4, 0.5) is 5.13 Å². The molecule has 4 bridgehead atoms. The molecule has 7 heteroatoms. The number of amides is 1. The van der Waals surface area contributed by atoms with E-state index in [1.165, 1.54) is 19.3 Å². The van der Waals surface area contributed by atoms with Gasteiger partial charge >= 0.3 is 0 Å². The van der Waals surface area contributed by atoms with E-state index in [0.29, 0.717) is 5.91 Å². The van der Waals surface area contributed by atoms with Gasteiger partial charge in [0.25, 0.3) is 0 Å². The Morgan fingerprint density at radius 1 is 0.968 bits per heavy atom. The molecule has 1 aromatic carbocycles. The molecule has 166 valence electrons. The van der Waals surface area contributed by atoms with Crippen molar-refractivity contribution in [3.63, 3.8) is 0 Å². The molecule has 4 aliphatic carbocycles. The first kappa shape index (κ1) is 19.6. The van der Waals surface area contributed by atoms with Gasteiger partial charge in [0.1, 0.15) is 21.7 Å². The molecule has 7 rings (SSSR count). The Bertz CT molecular complexity index is 935. The first-order chi connectivity index (χ1) is 15.1. The number of anilines is 1. The molecule has 0 unspecified atom stereocenters. The fourth-order valence-corrected chi connectivity index (χ4v) is 8.34. The van der Waals surface area contributed by atoms with Crippen LogP contribution in [0.1, 0.15) is 38.5 Å². The zero-order valence-corrected chi connectivity index (χ0v) is 19.2. The second-order valence-corrected chi connectivity index (χ2v) is 11.1. The summed E-state index contributed by atoms with van der Waals surface area (Å²) in [4.78, 5) is 23.0. The number of fused-ring (bicyclic) bond motifs is 1. The highest BCUT2D eigenvalue weighted by atomic mass is 32.1. The lowest BCUT2D eigenvalue weighted by molar-refractivity contribution is -0.158. The van der Waals surface area contributed by atoms with Crippen LogP contribution in [0.2, 0.25) is 0 Å². The van der Waals surface area contributed by atoms with Crippen LogP contribution < -0.4 is 14.4 Å². The van der Waals surface area contributed by atoms with Gasteiger partial charge in [0.15, 0.2) is 5.13 Å². The molecule has 2 heterocycles. The summed E-state index contributed by atoms with van der Waals surface area (Å²) in [5.74, 6) is 4.49. The molecular formula is C24H31N3O3S. The highest BCUT2D eigenvalue weighted by molar-refractivity contribution is 7.22. The van der Waals surface area contributed by atoms with Gasteiger partial charge in [-0.3, -0.25) is 4.79 Å². The molecule has 5 fully saturated rings. The van der Waals surface area contributed by atoms with E-state index in [9.17, 15) is 4.79 Å². The number of ether oxygens (including phenoxy) is 2. The summed E-state index contributed by atoms with van der Waals surface area (Å²) in [5, 5.41) is 0.986. The highest BCUT2D eigenvalue weighted by Crippen LogP contribution is 2.60. The molecule has 4 saturated carbocycles. The third-order valence-corrected chi connectivity index (χ3v) is 9.36. The van der Waals surface area contributed by atoms with E-state index >= 15 is 0 Å². The van der Waals surface area contributed by atoms with E-state index in [1.54, 1.807) is 25.6 Å². The molecule has 2 aromatic rings. The number of carbonyl (C=O) groups excluding carboxylic acids is 1. The van der Waals surface area contributed by atoms with Crippen LogP contribution in [0, 0.1) is 23.2 Å². The van der Waals surface area contributed by atoms with Crippen molar-refractivity contribution in [1.82, 2.24) is 9.88 Å². The van der Waals surface area contributed by atoms with Crippen molar-refractivity contribution in [3.8, 4) is 11.5 Å². The monoisotopic (exact) mass is 441 g/mol. The van der Waals surface area contributed by atoms with Crippen LogP contribution in [-0.2, 0) is 4.79 Å². The molecule has 1 amide bonds. The molecule has 1 aromatic heterocycles. The minimum Gasteiger partial charge on any atom is -0.495 e. The van der Waals surface area contributed by atoms with Gasteiger partial charge in [-0.1, -0.05) is 11.3 Å². The third kappa shape index (κ3) is 3.11. The van der Waals surface area contributed by atoms with E-state index < -0.39 is 0 Å². The maximum absolute atomic E-state index is 13.7. The van der Waals surface area contributed by atoms with E-state index in [1.807, 2.05) is 12.1 Å². The topological polar surface area (TPSA) is 54.9 Å². The summed E-state index contributed by atoms with van der Waals surface area (Å²) in [7, 11) is 3.37. The van der Waals surface area contributed by atoms with Crippen molar-refractivity contribution in [2.75, 3.05) is 45.3 Å². The number of carbonyl (C=O) groups is 1. The van der Waals surface area contributed by atoms with Crippen molar-refractivity contribution in [1.29, 1.82) is 0 Å². The lowest BCUT2D eigenvalue weighted by atomic mass is 9.49. The van der Waals surface area contributed by atoms with Crippen molar-refractivity contribution in [2.24, 2.45) is 23.2 Å². The Kier molecular flexibility index (Phi) is 4.60. The van der Waals surface area contributed by atoms with Gasteiger partial charge in [0.05, 0.1) is 19.6 Å². The first-order valence-corrected chi connectivity index (χ1v) is 12.5. The van der Waals surface area contributed by atoms with Gasteiger partial charge in [0.2, 0.25) is 5.91 Å². The number of benzene rings is 1. The SMILES string of the molecule is COc1ccc(OC)c2sc(N3CCN(C(=O)C45CC6CC(CC(C6)C4)C5)CC3)nc12. The largest absolute Gasteiger partial charge is 0.495 e. The van der Waals surface area contributed by atoms with Crippen LogP contribution >= 0.6 is 11.3 Å². The molecule has 31 heavy (non-hydrogen) atoms. The second-order valence-electron chi connectivity index (χ2n) is 10.1. The van der Waals surface area contributed by atoms with Crippen LogP contribution in [0.5, 0.6) is 11.5 Å². The summed E-state index contributed by atoms with van der Waals surface area (Å²) in [6.07, 6.45) is 7.58. The van der Waals surface area contributed by atoms with Crippen LogP contribution in [0.15, 0.2) is 12.1 Å². The Hall–Kier alpha value is -2.02. The number of rotatable bonds is 4. The van der Waals surface area contributed by atoms with Gasteiger partial charge in [0, 0.05) is 26.2 Å². The smallest absolute Gasteiger partial charge is 0.228 e. The zero-order valence-electron chi connectivity index (χ0n) is 18.4. The summed E-state index contributed by atoms with van der Waals surface area (Å²) in [6.45, 7) is 3.26. The molecule has 1 saturated heterocycles. The van der Waals surface area contributed by atoms with E-state index in [0.717, 1.165) is 90.0 Å². The summed E-state index contributed by atoms with van der Waals surface area (Å²) < 4.78 is 12.1. The minimum atomic E-state index is -0.0342. The minimum absolute atomic E-state index is 0.0342.